The summed E-state index contributed by atoms with van der Waals surface area (Å²) in [5.41, 5.74) is 1.77. The largest absolute Gasteiger partial charge is 0.342 e. The molecule has 0 aliphatic carbocycles. The molecule has 0 bridgehead atoms. The van der Waals surface area contributed by atoms with Crippen molar-refractivity contribution in [2.45, 2.75) is 45.6 Å². The Morgan fingerprint density at radius 1 is 1.19 bits per heavy atom. The van der Waals surface area contributed by atoms with E-state index in [2.05, 4.69) is 14.8 Å². The molecular formula is C19H26N4O2S. The molecule has 0 spiro atoms. The van der Waals surface area contributed by atoms with Crippen LogP contribution >= 0.6 is 11.3 Å². The summed E-state index contributed by atoms with van der Waals surface area (Å²) in [5.74, 6) is 0.529. The standard InChI is InChI=1S/C19H26N4O2S/c1-14-13-26-19-20-16(11-17(24)23(14)19)12-21-9-5-15(6-10-21)18(25)22-7-3-2-4-8-22/h11,13,15H,2-10,12H2,1H3. The molecule has 0 unspecified atom stereocenters. The van der Waals surface area contributed by atoms with Gasteiger partial charge in [-0.15, -0.1) is 11.3 Å². The first-order valence-electron chi connectivity index (χ1n) is 9.60. The van der Waals surface area contributed by atoms with Crippen molar-refractivity contribution in [2.75, 3.05) is 26.2 Å². The number of thiazole rings is 1. The maximum atomic E-state index is 12.7. The Kier molecular flexibility index (Phi) is 5.09. The van der Waals surface area contributed by atoms with Crippen LogP contribution in [0.25, 0.3) is 4.96 Å². The third-order valence-corrected chi connectivity index (χ3v) is 6.56. The fraction of sp³-hybridized carbons (Fsp3) is 0.632. The van der Waals surface area contributed by atoms with E-state index in [1.54, 1.807) is 10.5 Å². The molecule has 0 atom stereocenters. The summed E-state index contributed by atoms with van der Waals surface area (Å²) in [4.78, 5) is 34.8. The van der Waals surface area contributed by atoms with Gasteiger partial charge in [0.15, 0.2) is 4.96 Å². The Hall–Kier alpha value is -1.73. The van der Waals surface area contributed by atoms with E-state index in [0.29, 0.717) is 12.5 Å². The van der Waals surface area contributed by atoms with Crippen molar-refractivity contribution in [1.82, 2.24) is 19.2 Å². The number of aryl methyl sites for hydroxylation is 1. The van der Waals surface area contributed by atoms with Crippen LogP contribution in [0.15, 0.2) is 16.2 Å². The van der Waals surface area contributed by atoms with Crippen molar-refractivity contribution in [1.29, 1.82) is 0 Å². The van der Waals surface area contributed by atoms with Crippen LogP contribution in [0.2, 0.25) is 0 Å². The van der Waals surface area contributed by atoms with Gasteiger partial charge in [-0.3, -0.25) is 18.9 Å². The highest BCUT2D eigenvalue weighted by atomic mass is 32.1. The second-order valence-corrected chi connectivity index (χ2v) is 8.35. The molecule has 1 amide bonds. The molecule has 7 heteroatoms. The molecular weight excluding hydrogens is 348 g/mol. The maximum Gasteiger partial charge on any atom is 0.259 e. The van der Waals surface area contributed by atoms with Crippen LogP contribution in [-0.2, 0) is 11.3 Å². The normalized spacial score (nSPS) is 20.0. The van der Waals surface area contributed by atoms with Gasteiger partial charge in [0, 0.05) is 42.7 Å². The number of amides is 1. The number of likely N-dealkylation sites (tertiary alicyclic amines) is 2. The van der Waals surface area contributed by atoms with E-state index in [-0.39, 0.29) is 11.5 Å². The smallest absolute Gasteiger partial charge is 0.259 e. The first-order chi connectivity index (χ1) is 12.6. The molecule has 140 valence electrons. The highest BCUT2D eigenvalue weighted by Crippen LogP contribution is 2.23. The minimum absolute atomic E-state index is 0.00101. The summed E-state index contributed by atoms with van der Waals surface area (Å²) in [6.07, 6.45) is 5.37. The van der Waals surface area contributed by atoms with Gasteiger partial charge in [0.25, 0.3) is 5.56 Å². The zero-order valence-electron chi connectivity index (χ0n) is 15.3. The second-order valence-electron chi connectivity index (χ2n) is 7.52. The molecule has 2 fully saturated rings. The minimum atomic E-state index is -0.00101. The van der Waals surface area contributed by atoms with Gasteiger partial charge in [-0.2, -0.15) is 0 Å². The molecule has 26 heavy (non-hydrogen) atoms. The van der Waals surface area contributed by atoms with Gasteiger partial charge in [-0.05, 0) is 52.1 Å². The van der Waals surface area contributed by atoms with Gasteiger partial charge >= 0.3 is 0 Å². The van der Waals surface area contributed by atoms with Crippen LogP contribution < -0.4 is 5.56 Å². The van der Waals surface area contributed by atoms with Crippen LogP contribution in [0.1, 0.15) is 43.5 Å². The van der Waals surface area contributed by atoms with Crippen LogP contribution in [0, 0.1) is 12.8 Å². The predicted octanol–water partition coefficient (Wildman–Crippen LogP) is 2.29. The van der Waals surface area contributed by atoms with Crippen molar-refractivity contribution in [3.63, 3.8) is 0 Å². The summed E-state index contributed by atoms with van der Waals surface area (Å²) in [6.45, 7) is 6.29. The lowest BCUT2D eigenvalue weighted by atomic mass is 9.94. The fourth-order valence-electron chi connectivity index (χ4n) is 4.12. The summed E-state index contributed by atoms with van der Waals surface area (Å²) in [7, 11) is 0. The molecule has 6 nitrogen and oxygen atoms in total. The number of nitrogens with zero attached hydrogens (tertiary/aromatic N) is 4. The minimum Gasteiger partial charge on any atom is -0.342 e. The third-order valence-electron chi connectivity index (χ3n) is 5.62. The van der Waals surface area contributed by atoms with E-state index in [1.807, 2.05) is 12.3 Å². The number of carbonyl (C=O) groups excluding carboxylic acids is 1. The lowest BCUT2D eigenvalue weighted by Gasteiger charge is -2.35. The Morgan fingerprint density at radius 3 is 2.65 bits per heavy atom. The molecule has 0 aromatic carbocycles. The number of aromatic nitrogens is 2. The van der Waals surface area contributed by atoms with E-state index in [4.69, 9.17) is 0 Å². The Balaban J connectivity index is 1.36. The van der Waals surface area contributed by atoms with Crippen molar-refractivity contribution < 1.29 is 4.79 Å². The zero-order chi connectivity index (χ0) is 18.1. The molecule has 0 radical (unpaired) electrons. The van der Waals surface area contributed by atoms with Gasteiger partial charge in [-0.25, -0.2) is 4.98 Å². The van der Waals surface area contributed by atoms with Crippen LogP contribution in [-0.4, -0.2) is 51.3 Å². The zero-order valence-corrected chi connectivity index (χ0v) is 16.1. The third kappa shape index (κ3) is 3.55. The molecule has 2 aromatic rings. The monoisotopic (exact) mass is 374 g/mol. The average Bonchev–Trinajstić information content (AvgIpc) is 3.04. The van der Waals surface area contributed by atoms with Gasteiger partial charge in [0.1, 0.15) is 0 Å². The molecule has 0 N–H and O–H groups in total. The number of hydrogen-bond donors (Lipinski definition) is 0. The number of fused-ring (bicyclic) bond motifs is 1. The molecule has 2 aliphatic heterocycles. The highest BCUT2D eigenvalue weighted by molar-refractivity contribution is 7.15. The van der Waals surface area contributed by atoms with Gasteiger partial charge in [0.05, 0.1) is 5.69 Å². The van der Waals surface area contributed by atoms with E-state index < -0.39 is 0 Å². The first kappa shape index (κ1) is 17.7. The first-order valence-corrected chi connectivity index (χ1v) is 10.5. The van der Waals surface area contributed by atoms with Crippen molar-refractivity contribution >= 4 is 22.2 Å². The highest BCUT2D eigenvalue weighted by Gasteiger charge is 2.29. The van der Waals surface area contributed by atoms with E-state index in [1.165, 1.54) is 17.8 Å². The quantitative estimate of drug-likeness (QED) is 0.827. The number of carbonyl (C=O) groups is 1. The van der Waals surface area contributed by atoms with Crippen molar-refractivity contribution in [3.05, 3.63) is 33.2 Å². The lowest BCUT2D eigenvalue weighted by Crippen LogP contribution is -2.44. The van der Waals surface area contributed by atoms with Gasteiger partial charge in [-0.1, -0.05) is 0 Å². The van der Waals surface area contributed by atoms with Gasteiger partial charge in [0.2, 0.25) is 5.91 Å². The fourth-order valence-corrected chi connectivity index (χ4v) is 5.01. The van der Waals surface area contributed by atoms with Crippen molar-refractivity contribution in [2.24, 2.45) is 5.92 Å². The molecule has 2 aromatic heterocycles. The molecule has 2 aliphatic rings. The average molecular weight is 375 g/mol. The summed E-state index contributed by atoms with van der Waals surface area (Å²) in [5, 5.41) is 1.96. The summed E-state index contributed by atoms with van der Waals surface area (Å²) < 4.78 is 1.66. The molecule has 0 saturated carbocycles. The number of rotatable bonds is 3. The van der Waals surface area contributed by atoms with Crippen LogP contribution in [0.3, 0.4) is 0 Å². The Labute approximate surface area is 157 Å². The SMILES string of the molecule is Cc1csc2nc(CN3CCC(C(=O)N4CCCCC4)CC3)cc(=O)n12. The van der Waals surface area contributed by atoms with Crippen LogP contribution in [0.5, 0.6) is 0 Å². The van der Waals surface area contributed by atoms with E-state index >= 15 is 0 Å². The van der Waals surface area contributed by atoms with Crippen molar-refractivity contribution in [3.8, 4) is 0 Å². The summed E-state index contributed by atoms with van der Waals surface area (Å²) >= 11 is 1.51. The Bertz CT molecular complexity index is 845. The molecule has 4 heterocycles. The second kappa shape index (κ2) is 7.48. The van der Waals surface area contributed by atoms with Gasteiger partial charge < -0.3 is 4.90 Å². The predicted molar refractivity (Wildman–Crippen MR) is 103 cm³/mol. The number of piperidine rings is 2. The summed E-state index contributed by atoms with van der Waals surface area (Å²) in [6, 6.07) is 1.65. The maximum absolute atomic E-state index is 12.7. The van der Waals surface area contributed by atoms with Crippen LogP contribution in [0.4, 0.5) is 0 Å². The molecule has 2 saturated heterocycles. The number of hydrogen-bond acceptors (Lipinski definition) is 5. The Morgan fingerprint density at radius 2 is 1.92 bits per heavy atom. The molecule has 4 rings (SSSR count). The lowest BCUT2D eigenvalue weighted by molar-refractivity contribution is -0.138. The van der Waals surface area contributed by atoms with E-state index in [0.717, 1.165) is 68.2 Å². The van der Waals surface area contributed by atoms with E-state index in [9.17, 15) is 9.59 Å². The topological polar surface area (TPSA) is 57.9 Å².